The number of methoxy groups -OCH3 is 3. The van der Waals surface area contributed by atoms with Gasteiger partial charge in [-0.1, -0.05) is 13.3 Å². The lowest BCUT2D eigenvalue weighted by molar-refractivity contribution is -0.274. The summed E-state index contributed by atoms with van der Waals surface area (Å²) in [5, 5.41) is 39.5. The van der Waals surface area contributed by atoms with E-state index in [0.717, 1.165) is 0 Å². The zero-order chi connectivity index (χ0) is 23.0. The normalized spacial score (nSPS) is 30.3. The monoisotopic (exact) mass is 424 g/mol. The Labute approximate surface area is 181 Å². The summed E-state index contributed by atoms with van der Waals surface area (Å²) >= 11 is 0. The molecular weight excluding hydrogens is 400 g/mol. The van der Waals surface area contributed by atoms with Crippen molar-refractivity contribution in [3.05, 3.63) is 17.7 Å². The van der Waals surface area contributed by atoms with Crippen molar-refractivity contribution < 1.29 is 23.7 Å². The van der Waals surface area contributed by atoms with Gasteiger partial charge in [0.15, 0.2) is 16.9 Å². The summed E-state index contributed by atoms with van der Waals surface area (Å²) in [4.78, 5) is 0. The van der Waals surface area contributed by atoms with Gasteiger partial charge in [-0.05, 0) is 18.6 Å². The molecular formula is C22H24N4O5. The molecule has 9 nitrogen and oxygen atoms in total. The Balaban J connectivity index is 2.37. The van der Waals surface area contributed by atoms with Crippen molar-refractivity contribution in [2.45, 2.75) is 38.6 Å². The fraction of sp³-hybridized carbons (Fsp3) is 0.545. The van der Waals surface area contributed by atoms with Crippen LogP contribution in [-0.2, 0) is 9.47 Å². The Kier molecular flexibility index (Phi) is 5.48. The van der Waals surface area contributed by atoms with E-state index >= 15 is 0 Å². The van der Waals surface area contributed by atoms with Crippen molar-refractivity contribution in [2.24, 2.45) is 16.7 Å². The van der Waals surface area contributed by atoms with Crippen LogP contribution < -0.4 is 14.2 Å². The molecule has 3 rings (SSSR count). The average Bonchev–Trinajstić information content (AvgIpc) is 2.94. The minimum atomic E-state index is -2.07. The van der Waals surface area contributed by atoms with E-state index < -0.39 is 34.5 Å². The topological polar surface area (TPSA) is 141 Å². The number of fused-ring (bicyclic) bond motifs is 2. The fourth-order valence-corrected chi connectivity index (χ4v) is 4.93. The third kappa shape index (κ3) is 2.59. The van der Waals surface area contributed by atoms with Gasteiger partial charge in [0.2, 0.25) is 22.8 Å². The Morgan fingerprint density at radius 2 is 1.68 bits per heavy atom. The molecule has 0 aliphatic carbocycles. The van der Waals surface area contributed by atoms with E-state index in [1.54, 1.807) is 19.1 Å². The first kappa shape index (κ1) is 22.2. The van der Waals surface area contributed by atoms with Crippen LogP contribution in [0.5, 0.6) is 17.2 Å². The zero-order valence-corrected chi connectivity index (χ0v) is 18.1. The number of hydrogen-bond donors (Lipinski definition) is 1. The third-order valence-corrected chi connectivity index (χ3v) is 6.31. The van der Waals surface area contributed by atoms with Crippen LogP contribution >= 0.6 is 0 Å². The molecule has 2 fully saturated rings. The number of benzene rings is 1. The van der Waals surface area contributed by atoms with Gasteiger partial charge in [0, 0.05) is 12.5 Å². The van der Waals surface area contributed by atoms with Gasteiger partial charge >= 0.3 is 0 Å². The van der Waals surface area contributed by atoms with Crippen molar-refractivity contribution in [2.75, 3.05) is 21.3 Å². The molecule has 1 aromatic rings. The molecule has 4 atom stereocenters. The number of nitrogens with one attached hydrogen (secondary N) is 1. The first-order chi connectivity index (χ1) is 14.8. The van der Waals surface area contributed by atoms with Gasteiger partial charge in [-0.25, -0.2) is 0 Å². The molecule has 0 saturated carbocycles. The second kappa shape index (κ2) is 7.65. The minimum Gasteiger partial charge on any atom is -0.493 e. The first-order valence-corrected chi connectivity index (χ1v) is 9.79. The highest BCUT2D eigenvalue weighted by atomic mass is 16.7. The third-order valence-electron chi connectivity index (χ3n) is 6.31. The zero-order valence-electron chi connectivity index (χ0n) is 18.1. The molecule has 2 bridgehead atoms. The van der Waals surface area contributed by atoms with Crippen LogP contribution in [-0.4, -0.2) is 33.0 Å². The summed E-state index contributed by atoms with van der Waals surface area (Å²) in [6, 6.07) is 9.40. The Bertz CT molecular complexity index is 1020. The van der Waals surface area contributed by atoms with E-state index in [4.69, 9.17) is 29.1 Å². The Hall–Kier alpha value is -3.48. The van der Waals surface area contributed by atoms with Gasteiger partial charge in [0.05, 0.1) is 45.5 Å². The van der Waals surface area contributed by atoms with Crippen LogP contribution in [0.15, 0.2) is 12.1 Å². The molecule has 0 radical (unpaired) electrons. The van der Waals surface area contributed by atoms with Gasteiger partial charge in [0.1, 0.15) is 6.10 Å². The van der Waals surface area contributed by atoms with E-state index in [2.05, 4.69) is 6.07 Å². The largest absolute Gasteiger partial charge is 0.493 e. The second-order valence-electron chi connectivity index (χ2n) is 7.66. The van der Waals surface area contributed by atoms with Crippen molar-refractivity contribution >= 4 is 5.90 Å². The van der Waals surface area contributed by atoms with Gasteiger partial charge in [-0.15, -0.1) is 0 Å². The highest BCUT2D eigenvalue weighted by molar-refractivity contribution is 5.89. The number of rotatable bonds is 6. The lowest BCUT2D eigenvalue weighted by atomic mass is 9.53. The molecule has 0 amide bonds. The Morgan fingerprint density at radius 1 is 1.03 bits per heavy atom. The molecule has 2 saturated heterocycles. The number of hydrogen-bond acceptors (Lipinski definition) is 9. The van der Waals surface area contributed by atoms with E-state index in [0.29, 0.717) is 24.2 Å². The van der Waals surface area contributed by atoms with Crippen molar-refractivity contribution in [3.63, 3.8) is 0 Å². The van der Waals surface area contributed by atoms with Crippen LogP contribution in [0.2, 0.25) is 0 Å². The van der Waals surface area contributed by atoms with E-state index in [9.17, 15) is 15.8 Å². The molecule has 2 aliphatic rings. The number of nitrogens with zero attached hydrogens (tertiary/aromatic N) is 3. The summed E-state index contributed by atoms with van der Waals surface area (Å²) in [6.07, 6.45) is -0.160. The standard InChI is InChI=1S/C22H24N4O5/c1-6-7-15-20(2)30-18(13-8-9-14(27-3)17(29-5)16(13)28-4)21(10-23,11-24)22(15,12-25)19(26)31-20/h8-9,15,18,26H,6-7H2,1-5H3. The second-order valence-corrected chi connectivity index (χ2v) is 7.66. The molecule has 2 heterocycles. The molecule has 0 spiro atoms. The molecule has 1 aromatic carbocycles. The quantitative estimate of drug-likeness (QED) is 0.731. The summed E-state index contributed by atoms with van der Waals surface area (Å²) in [5.41, 5.74) is -3.56. The van der Waals surface area contributed by atoms with E-state index in [1.165, 1.54) is 21.3 Å². The summed E-state index contributed by atoms with van der Waals surface area (Å²) in [5.74, 6) is -1.63. The van der Waals surface area contributed by atoms with Gasteiger partial charge in [-0.3, -0.25) is 5.41 Å². The maximum absolute atomic E-state index is 10.3. The lowest BCUT2D eigenvalue weighted by Crippen LogP contribution is -2.58. The van der Waals surface area contributed by atoms with Crippen LogP contribution in [0.1, 0.15) is 38.4 Å². The molecule has 162 valence electrons. The van der Waals surface area contributed by atoms with Crippen LogP contribution in [0.3, 0.4) is 0 Å². The summed E-state index contributed by atoms with van der Waals surface area (Å²) in [6.45, 7) is 3.56. The molecule has 4 unspecified atom stereocenters. The summed E-state index contributed by atoms with van der Waals surface area (Å²) in [7, 11) is 4.32. The number of ether oxygens (including phenoxy) is 5. The van der Waals surface area contributed by atoms with E-state index in [-0.39, 0.29) is 11.5 Å². The maximum Gasteiger partial charge on any atom is 0.214 e. The SMILES string of the molecule is CCCC1C2(C)OC(=N)C1(C#N)C(C#N)(C#N)C(c1ccc(OC)c(OC)c1OC)O2. The fourth-order valence-electron chi connectivity index (χ4n) is 4.93. The highest BCUT2D eigenvalue weighted by Gasteiger charge is 2.79. The molecule has 9 heteroatoms. The molecule has 31 heavy (non-hydrogen) atoms. The van der Waals surface area contributed by atoms with Gasteiger partial charge in [-0.2, -0.15) is 15.8 Å². The predicted molar refractivity (Wildman–Crippen MR) is 107 cm³/mol. The molecule has 1 N–H and O–H groups in total. The van der Waals surface area contributed by atoms with Gasteiger partial charge in [0.25, 0.3) is 0 Å². The van der Waals surface area contributed by atoms with Crippen LogP contribution in [0, 0.1) is 56.2 Å². The predicted octanol–water partition coefficient (Wildman–Crippen LogP) is 3.47. The van der Waals surface area contributed by atoms with E-state index in [1.807, 2.05) is 19.1 Å². The summed E-state index contributed by atoms with van der Waals surface area (Å²) < 4.78 is 28.4. The molecule has 0 aromatic heterocycles. The number of nitriles is 3. The highest BCUT2D eigenvalue weighted by Crippen LogP contribution is 2.68. The van der Waals surface area contributed by atoms with Gasteiger partial charge < -0.3 is 23.7 Å². The van der Waals surface area contributed by atoms with Crippen molar-refractivity contribution in [3.8, 4) is 35.5 Å². The Morgan fingerprint density at radius 3 is 2.16 bits per heavy atom. The first-order valence-electron chi connectivity index (χ1n) is 9.79. The van der Waals surface area contributed by atoms with Crippen molar-refractivity contribution in [1.82, 2.24) is 0 Å². The molecule has 2 aliphatic heterocycles. The van der Waals surface area contributed by atoms with Crippen LogP contribution in [0.4, 0.5) is 0 Å². The smallest absolute Gasteiger partial charge is 0.214 e. The minimum absolute atomic E-state index is 0.207. The average molecular weight is 424 g/mol. The van der Waals surface area contributed by atoms with Crippen molar-refractivity contribution in [1.29, 1.82) is 21.2 Å². The van der Waals surface area contributed by atoms with Crippen LogP contribution in [0.25, 0.3) is 0 Å². The maximum atomic E-state index is 10.3. The lowest BCUT2D eigenvalue weighted by Gasteiger charge is -2.49.